The molecule has 72 heavy (non-hydrogen) atoms. The number of rotatable bonds is 19. The number of phenols is 1. The van der Waals surface area contributed by atoms with E-state index in [1.165, 1.54) is 33.4 Å². The maximum absolute atomic E-state index is 14.7. The van der Waals surface area contributed by atoms with Crippen LogP contribution in [0, 0.1) is 10.8 Å². The molecule has 8 aromatic carbocycles. The highest BCUT2D eigenvalue weighted by Gasteiger charge is 2.56. The van der Waals surface area contributed by atoms with Gasteiger partial charge < -0.3 is 19.3 Å². The fraction of sp³-hybridized carbons (Fsp3) is 0.269. The molecule has 1 aliphatic rings. The van der Waals surface area contributed by atoms with Crippen LogP contribution in [0.4, 0.5) is 0 Å². The summed E-state index contributed by atoms with van der Waals surface area (Å²) in [6.07, 6.45) is 4.56. The van der Waals surface area contributed by atoms with Gasteiger partial charge in [-0.15, -0.1) is 0 Å². The number of hydrogen-bond acceptors (Lipinski definition) is 5. The summed E-state index contributed by atoms with van der Waals surface area (Å²) in [5.74, 6) is 2.09. The third-order valence-corrected chi connectivity index (χ3v) is 16.4. The Labute approximate surface area is 427 Å². The second-order valence-corrected chi connectivity index (χ2v) is 19.9. The molecule has 0 spiro atoms. The summed E-state index contributed by atoms with van der Waals surface area (Å²) < 4.78 is 19.5. The van der Waals surface area contributed by atoms with Crippen LogP contribution in [0.5, 0.6) is 23.0 Å². The molecule has 9 rings (SSSR count). The first-order chi connectivity index (χ1) is 35.0. The van der Waals surface area contributed by atoms with E-state index >= 15 is 0 Å². The molecule has 0 unspecified atom stereocenters. The van der Waals surface area contributed by atoms with Gasteiger partial charge in [0.1, 0.15) is 34.0 Å². The number of aromatic hydroxyl groups is 1. The Balaban J connectivity index is 0.937. The number of hydrogen-bond donors (Lipinski definition) is 1. The summed E-state index contributed by atoms with van der Waals surface area (Å²) in [5, 5.41) is 9.93. The van der Waals surface area contributed by atoms with Gasteiger partial charge >= 0.3 is 5.97 Å². The zero-order chi connectivity index (χ0) is 50.5. The second-order valence-electron chi connectivity index (χ2n) is 19.9. The van der Waals surface area contributed by atoms with Crippen molar-refractivity contribution in [1.82, 2.24) is 0 Å². The summed E-state index contributed by atoms with van der Waals surface area (Å²) in [6.45, 7) is 15.8. The Hall–Kier alpha value is -7.37. The predicted molar refractivity (Wildman–Crippen MR) is 295 cm³/mol. The first-order valence-corrected chi connectivity index (χ1v) is 26.0. The van der Waals surface area contributed by atoms with Crippen molar-refractivity contribution in [3.63, 3.8) is 0 Å². The van der Waals surface area contributed by atoms with Gasteiger partial charge in [-0.2, -0.15) is 0 Å². The van der Waals surface area contributed by atoms with Gasteiger partial charge in [0.25, 0.3) is 0 Å². The first kappa shape index (κ1) is 49.6. The molecule has 0 aromatic heterocycles. The maximum Gasteiger partial charge on any atom is 0.321 e. The van der Waals surface area contributed by atoms with Gasteiger partial charge in [0, 0.05) is 5.41 Å². The van der Waals surface area contributed by atoms with Gasteiger partial charge in [-0.1, -0.05) is 194 Å². The smallest absolute Gasteiger partial charge is 0.321 e. The molecule has 0 saturated carbocycles. The van der Waals surface area contributed by atoms with E-state index in [-0.39, 0.29) is 17.1 Å². The lowest BCUT2D eigenvalue weighted by molar-refractivity contribution is -0.165. The SMILES string of the molecule is CCC(C)(CC)COc1ccc(-c2ccc(OC(CC)(CC)C(CC)(CC)C(=O)Oc3ccc(-c4ccc(C5(c6ccc(-c7ccc(O)cc7)cc6)c6ccccc6-c6ccccc65)cc4)cc3)cc2)cc1. The third-order valence-electron chi connectivity index (χ3n) is 16.4. The van der Waals surface area contributed by atoms with Gasteiger partial charge in [-0.05, 0) is 154 Å². The van der Waals surface area contributed by atoms with Crippen LogP contribution < -0.4 is 14.2 Å². The summed E-state index contributed by atoms with van der Waals surface area (Å²) in [7, 11) is 0. The van der Waals surface area contributed by atoms with Crippen molar-refractivity contribution in [2.45, 2.75) is 98.0 Å². The Morgan fingerprint density at radius 2 is 0.819 bits per heavy atom. The summed E-state index contributed by atoms with van der Waals surface area (Å²) in [6, 6.07) is 67.1. The molecule has 8 aromatic rings. The van der Waals surface area contributed by atoms with E-state index in [9.17, 15) is 9.90 Å². The highest BCUT2D eigenvalue weighted by Crippen LogP contribution is 2.56. The van der Waals surface area contributed by atoms with Gasteiger partial charge in [0.2, 0.25) is 0 Å². The molecule has 5 nitrogen and oxygen atoms in total. The van der Waals surface area contributed by atoms with Crippen LogP contribution in [-0.4, -0.2) is 23.3 Å². The van der Waals surface area contributed by atoms with Gasteiger partial charge in [-0.3, -0.25) is 4.79 Å². The van der Waals surface area contributed by atoms with E-state index < -0.39 is 16.4 Å². The van der Waals surface area contributed by atoms with Crippen molar-refractivity contribution in [1.29, 1.82) is 0 Å². The van der Waals surface area contributed by atoms with Crippen LogP contribution in [0.15, 0.2) is 194 Å². The lowest BCUT2D eigenvalue weighted by Gasteiger charge is -2.47. The molecule has 0 radical (unpaired) electrons. The molecule has 5 heteroatoms. The number of ether oxygens (including phenoxy) is 3. The minimum Gasteiger partial charge on any atom is -0.508 e. The molecule has 1 N–H and O–H groups in total. The summed E-state index contributed by atoms with van der Waals surface area (Å²) in [4.78, 5) is 14.7. The molecule has 0 fully saturated rings. The van der Waals surface area contributed by atoms with E-state index in [0.29, 0.717) is 38.0 Å². The lowest BCUT2D eigenvalue weighted by atomic mass is 9.65. The highest BCUT2D eigenvalue weighted by atomic mass is 16.5. The predicted octanol–water partition coefficient (Wildman–Crippen LogP) is 17.3. The average molecular weight is 953 g/mol. The van der Waals surface area contributed by atoms with Crippen molar-refractivity contribution >= 4 is 5.97 Å². The van der Waals surface area contributed by atoms with Crippen LogP contribution in [0.1, 0.15) is 109 Å². The minimum absolute atomic E-state index is 0.171. The molecular weight excluding hydrogens is 885 g/mol. The van der Waals surface area contributed by atoms with Crippen molar-refractivity contribution in [3.8, 4) is 67.5 Å². The van der Waals surface area contributed by atoms with Crippen LogP contribution in [0.2, 0.25) is 0 Å². The minimum atomic E-state index is -0.898. The van der Waals surface area contributed by atoms with Gasteiger partial charge in [0.15, 0.2) is 0 Å². The fourth-order valence-corrected chi connectivity index (χ4v) is 11.4. The number of fused-ring (bicyclic) bond motifs is 3. The van der Waals surface area contributed by atoms with Gasteiger partial charge in [0.05, 0.1) is 12.0 Å². The van der Waals surface area contributed by atoms with Crippen molar-refractivity contribution in [2.75, 3.05) is 6.61 Å². The largest absolute Gasteiger partial charge is 0.508 e. The molecule has 0 atom stereocenters. The van der Waals surface area contributed by atoms with E-state index in [1.54, 1.807) is 12.1 Å². The van der Waals surface area contributed by atoms with Crippen molar-refractivity contribution < 1.29 is 24.1 Å². The van der Waals surface area contributed by atoms with Crippen molar-refractivity contribution in [3.05, 3.63) is 216 Å². The number of benzene rings is 8. The Morgan fingerprint density at radius 3 is 1.22 bits per heavy atom. The van der Waals surface area contributed by atoms with Crippen molar-refractivity contribution in [2.24, 2.45) is 10.8 Å². The third kappa shape index (κ3) is 8.99. The lowest BCUT2D eigenvalue weighted by Crippen LogP contribution is -2.57. The Morgan fingerprint density at radius 1 is 0.444 bits per heavy atom. The van der Waals surface area contributed by atoms with Crippen LogP contribution in [0.3, 0.4) is 0 Å². The van der Waals surface area contributed by atoms with Crippen LogP contribution >= 0.6 is 0 Å². The number of carbonyl (C=O) groups excluding carboxylic acids is 1. The first-order valence-electron chi connectivity index (χ1n) is 26.0. The standard InChI is InChI=1S/C67H68O5/c1-8-64(7,9-2)46-70-56-40-28-50(29-41-56)52-32-44-58(45-33-52)72-66(12-5,13-6)65(10-3,11-4)63(69)71-57-42-30-51(31-43-57)48-24-36-54(37-25-48)67(53-34-22-47(23-35-53)49-26-38-55(68)39-27-49)61-20-16-14-18-59(61)60-19-15-17-21-62(60)67/h14-45,68H,8-13,46H2,1-7H3. The zero-order valence-electron chi connectivity index (χ0n) is 43.0. The molecule has 0 heterocycles. The average Bonchev–Trinajstić information content (AvgIpc) is 3.74. The summed E-state index contributed by atoms with van der Waals surface area (Å²) in [5.41, 5.74) is 11.7. The van der Waals surface area contributed by atoms with E-state index in [4.69, 9.17) is 14.2 Å². The molecule has 1 aliphatic carbocycles. The number of carbonyl (C=O) groups is 1. The Bertz CT molecular complexity index is 3040. The maximum atomic E-state index is 14.7. The normalized spacial score (nSPS) is 13.0. The molecule has 0 aliphatic heterocycles. The summed E-state index contributed by atoms with van der Waals surface area (Å²) >= 11 is 0. The highest BCUT2D eigenvalue weighted by molar-refractivity contribution is 5.87. The number of esters is 1. The van der Waals surface area contributed by atoms with E-state index in [2.05, 4.69) is 170 Å². The topological polar surface area (TPSA) is 65.0 Å². The van der Waals surface area contributed by atoms with Crippen LogP contribution in [-0.2, 0) is 10.2 Å². The quantitative estimate of drug-likeness (QED) is 0.0646. The Kier molecular flexibility index (Phi) is 14.3. The second kappa shape index (κ2) is 20.8. The van der Waals surface area contributed by atoms with Crippen LogP contribution in [0.25, 0.3) is 44.5 Å². The van der Waals surface area contributed by atoms with Gasteiger partial charge in [-0.25, -0.2) is 0 Å². The molecule has 366 valence electrons. The fourth-order valence-electron chi connectivity index (χ4n) is 11.4. The molecule has 0 bridgehead atoms. The number of phenolic OH excluding ortho intramolecular Hbond substituents is 1. The van der Waals surface area contributed by atoms with E-state index in [1.807, 2.05) is 60.7 Å². The zero-order valence-corrected chi connectivity index (χ0v) is 43.0. The van der Waals surface area contributed by atoms with E-state index in [0.717, 1.165) is 57.7 Å². The molecule has 0 amide bonds. The molecular formula is C67H68O5. The monoisotopic (exact) mass is 953 g/mol. The molecule has 0 saturated heterocycles.